The molecular weight excluding hydrogens is 366 g/mol. The van der Waals surface area contributed by atoms with Crippen molar-refractivity contribution < 1.29 is 14.3 Å². The van der Waals surface area contributed by atoms with Crippen LogP contribution in [0.25, 0.3) is 0 Å². The number of anilines is 1. The Morgan fingerprint density at radius 2 is 2.04 bits per heavy atom. The SMILES string of the molecule is COc1ccc(N2CC(C(=O)N3Cc4cnc(C)cc4C3)CC2=O)cc1Cl. The highest BCUT2D eigenvalue weighted by Gasteiger charge is 2.38. The van der Waals surface area contributed by atoms with E-state index in [2.05, 4.69) is 4.98 Å². The fourth-order valence-corrected chi connectivity index (χ4v) is 4.01. The zero-order valence-corrected chi connectivity index (χ0v) is 16.0. The van der Waals surface area contributed by atoms with E-state index in [0.717, 1.165) is 16.8 Å². The molecule has 0 saturated carbocycles. The molecule has 1 aromatic heterocycles. The summed E-state index contributed by atoms with van der Waals surface area (Å²) in [5.41, 5.74) is 3.85. The van der Waals surface area contributed by atoms with Crippen molar-refractivity contribution in [3.63, 3.8) is 0 Å². The fourth-order valence-electron chi connectivity index (χ4n) is 3.76. The van der Waals surface area contributed by atoms with Crippen LogP contribution in [0.1, 0.15) is 23.2 Å². The number of benzene rings is 1. The van der Waals surface area contributed by atoms with Crippen LogP contribution in [0.15, 0.2) is 30.5 Å². The van der Waals surface area contributed by atoms with Gasteiger partial charge in [-0.3, -0.25) is 14.6 Å². The number of hydrogen-bond acceptors (Lipinski definition) is 4. The van der Waals surface area contributed by atoms with E-state index >= 15 is 0 Å². The zero-order chi connectivity index (χ0) is 19.1. The molecule has 0 radical (unpaired) electrons. The van der Waals surface area contributed by atoms with E-state index in [-0.39, 0.29) is 24.2 Å². The van der Waals surface area contributed by atoms with Gasteiger partial charge in [-0.05, 0) is 42.3 Å². The summed E-state index contributed by atoms with van der Waals surface area (Å²) in [5.74, 6) is 0.156. The van der Waals surface area contributed by atoms with Crippen LogP contribution >= 0.6 is 11.6 Å². The maximum absolute atomic E-state index is 13.0. The normalized spacial score (nSPS) is 18.8. The molecule has 1 fully saturated rings. The Bertz CT molecular complexity index is 931. The number of methoxy groups -OCH3 is 1. The predicted octanol–water partition coefficient (Wildman–Crippen LogP) is 2.95. The van der Waals surface area contributed by atoms with Crippen LogP contribution in [-0.2, 0) is 22.7 Å². The van der Waals surface area contributed by atoms with Crippen molar-refractivity contribution in [2.75, 3.05) is 18.6 Å². The Morgan fingerprint density at radius 3 is 2.78 bits per heavy atom. The number of halogens is 1. The standard InChI is InChI=1S/C20H20ClN3O3/c1-12-5-13-9-23(10-15(13)8-22-12)20(26)14-6-19(25)24(11-14)16-3-4-18(27-2)17(21)7-16/h3-5,7-8,14H,6,9-11H2,1-2H3. The molecule has 140 valence electrons. The molecule has 0 N–H and O–H groups in total. The Morgan fingerprint density at radius 1 is 1.26 bits per heavy atom. The van der Waals surface area contributed by atoms with Gasteiger partial charge in [0.25, 0.3) is 0 Å². The van der Waals surface area contributed by atoms with E-state index in [4.69, 9.17) is 16.3 Å². The van der Waals surface area contributed by atoms with Crippen molar-refractivity contribution in [1.29, 1.82) is 0 Å². The van der Waals surface area contributed by atoms with Gasteiger partial charge in [-0.25, -0.2) is 0 Å². The van der Waals surface area contributed by atoms with Crippen molar-refractivity contribution in [2.24, 2.45) is 5.92 Å². The number of aryl methyl sites for hydroxylation is 1. The van der Waals surface area contributed by atoms with Gasteiger partial charge in [-0.15, -0.1) is 0 Å². The average molecular weight is 386 g/mol. The van der Waals surface area contributed by atoms with Crippen LogP contribution in [0.3, 0.4) is 0 Å². The predicted molar refractivity (Wildman–Crippen MR) is 102 cm³/mol. The van der Waals surface area contributed by atoms with E-state index in [1.807, 2.05) is 24.1 Å². The summed E-state index contributed by atoms with van der Waals surface area (Å²) < 4.78 is 5.15. The fraction of sp³-hybridized carbons (Fsp3) is 0.350. The minimum absolute atomic E-state index is 0.0133. The van der Waals surface area contributed by atoms with Crippen molar-refractivity contribution in [3.8, 4) is 5.75 Å². The summed E-state index contributed by atoms with van der Waals surface area (Å²) in [7, 11) is 1.54. The summed E-state index contributed by atoms with van der Waals surface area (Å²) in [6.07, 6.45) is 2.05. The number of aromatic nitrogens is 1. The van der Waals surface area contributed by atoms with Gasteiger partial charge in [0.15, 0.2) is 0 Å². The van der Waals surface area contributed by atoms with E-state index in [1.54, 1.807) is 30.2 Å². The quantitative estimate of drug-likeness (QED) is 0.815. The molecule has 1 unspecified atom stereocenters. The first kappa shape index (κ1) is 17.8. The summed E-state index contributed by atoms with van der Waals surface area (Å²) in [6, 6.07) is 7.24. The van der Waals surface area contributed by atoms with Crippen molar-refractivity contribution >= 4 is 29.1 Å². The lowest BCUT2D eigenvalue weighted by molar-refractivity contribution is -0.136. The molecule has 2 aliphatic rings. The van der Waals surface area contributed by atoms with Gasteiger partial charge in [-0.1, -0.05) is 11.6 Å². The second-order valence-electron chi connectivity index (χ2n) is 7.01. The number of fused-ring (bicyclic) bond motifs is 1. The van der Waals surface area contributed by atoms with Crippen LogP contribution < -0.4 is 9.64 Å². The maximum Gasteiger partial charge on any atom is 0.228 e. The van der Waals surface area contributed by atoms with Crippen LogP contribution in [0, 0.1) is 12.8 Å². The Balaban J connectivity index is 1.48. The molecule has 2 aliphatic heterocycles. The third kappa shape index (κ3) is 3.25. The largest absolute Gasteiger partial charge is 0.495 e. The van der Waals surface area contributed by atoms with Gasteiger partial charge in [0.1, 0.15) is 5.75 Å². The number of rotatable bonds is 3. The van der Waals surface area contributed by atoms with Crippen LogP contribution in [-0.4, -0.2) is 35.4 Å². The topological polar surface area (TPSA) is 62.7 Å². The molecule has 0 aliphatic carbocycles. The summed E-state index contributed by atoms with van der Waals surface area (Å²) in [6.45, 7) is 3.44. The molecule has 2 aromatic rings. The molecule has 7 heteroatoms. The molecule has 1 aromatic carbocycles. The second kappa shape index (κ2) is 6.85. The summed E-state index contributed by atoms with van der Waals surface area (Å²) in [5, 5.41) is 0.440. The van der Waals surface area contributed by atoms with Crippen LogP contribution in [0.4, 0.5) is 5.69 Å². The smallest absolute Gasteiger partial charge is 0.228 e. The van der Waals surface area contributed by atoms with E-state index in [1.165, 1.54) is 0 Å². The summed E-state index contributed by atoms with van der Waals surface area (Å²) >= 11 is 6.18. The van der Waals surface area contributed by atoms with Crippen molar-refractivity contribution in [2.45, 2.75) is 26.4 Å². The number of amides is 2. The highest BCUT2D eigenvalue weighted by molar-refractivity contribution is 6.32. The van der Waals surface area contributed by atoms with Crippen molar-refractivity contribution in [3.05, 3.63) is 52.3 Å². The Kier molecular flexibility index (Phi) is 4.52. The molecular formula is C20H20ClN3O3. The molecule has 4 rings (SSSR count). The molecule has 6 nitrogen and oxygen atoms in total. The lowest BCUT2D eigenvalue weighted by atomic mass is 10.1. The summed E-state index contributed by atoms with van der Waals surface area (Å²) in [4.78, 5) is 33.2. The van der Waals surface area contributed by atoms with Gasteiger partial charge in [0.2, 0.25) is 11.8 Å². The van der Waals surface area contributed by atoms with Crippen LogP contribution in [0.5, 0.6) is 5.75 Å². The lowest BCUT2D eigenvalue weighted by Crippen LogP contribution is -2.34. The minimum Gasteiger partial charge on any atom is -0.495 e. The highest BCUT2D eigenvalue weighted by atomic mass is 35.5. The molecule has 0 spiro atoms. The number of pyridine rings is 1. The van der Waals surface area contributed by atoms with E-state index in [0.29, 0.717) is 36.1 Å². The number of hydrogen-bond donors (Lipinski definition) is 0. The van der Waals surface area contributed by atoms with Gasteiger partial charge < -0.3 is 14.5 Å². The maximum atomic E-state index is 13.0. The minimum atomic E-state index is -0.346. The lowest BCUT2D eigenvalue weighted by Gasteiger charge is -2.21. The van der Waals surface area contributed by atoms with Crippen LogP contribution in [0.2, 0.25) is 5.02 Å². The van der Waals surface area contributed by atoms with Gasteiger partial charge in [0.05, 0.1) is 18.1 Å². The number of ether oxygens (including phenoxy) is 1. The van der Waals surface area contributed by atoms with Gasteiger partial charge in [-0.2, -0.15) is 0 Å². The second-order valence-corrected chi connectivity index (χ2v) is 7.42. The first-order valence-corrected chi connectivity index (χ1v) is 9.21. The molecule has 27 heavy (non-hydrogen) atoms. The van der Waals surface area contributed by atoms with Gasteiger partial charge >= 0.3 is 0 Å². The zero-order valence-electron chi connectivity index (χ0n) is 15.2. The van der Waals surface area contributed by atoms with E-state index in [9.17, 15) is 9.59 Å². The number of nitrogens with zero attached hydrogens (tertiary/aromatic N) is 3. The molecule has 3 heterocycles. The Labute approximate surface area is 162 Å². The average Bonchev–Trinajstić information content (AvgIpc) is 3.24. The third-order valence-corrected chi connectivity index (χ3v) is 5.47. The van der Waals surface area contributed by atoms with E-state index < -0.39 is 0 Å². The van der Waals surface area contributed by atoms with Gasteiger partial charge in [0, 0.05) is 43.6 Å². The molecule has 1 saturated heterocycles. The first-order chi connectivity index (χ1) is 13.0. The Hall–Kier alpha value is -2.60. The molecule has 2 amide bonds. The third-order valence-electron chi connectivity index (χ3n) is 5.18. The number of carbonyl (C=O) groups is 2. The molecule has 0 bridgehead atoms. The first-order valence-electron chi connectivity index (χ1n) is 8.83. The highest BCUT2D eigenvalue weighted by Crippen LogP contribution is 2.33. The monoisotopic (exact) mass is 385 g/mol. The molecule has 1 atom stereocenters. The number of carbonyl (C=O) groups excluding carboxylic acids is 2. The van der Waals surface area contributed by atoms with Crippen molar-refractivity contribution in [1.82, 2.24) is 9.88 Å².